The Morgan fingerprint density at radius 1 is 1.25 bits per heavy atom. The molecule has 0 fully saturated rings. The van der Waals surface area contributed by atoms with Crippen LogP contribution in [0.15, 0.2) is 42.7 Å². The number of amides is 1. The van der Waals surface area contributed by atoms with Gasteiger partial charge in [0.15, 0.2) is 11.5 Å². The Morgan fingerprint density at radius 3 is 2.68 bits per heavy atom. The van der Waals surface area contributed by atoms with Gasteiger partial charge in [-0.2, -0.15) is 23.4 Å². The molecule has 3 rings (SSSR count). The van der Waals surface area contributed by atoms with Crippen molar-refractivity contribution < 1.29 is 27.9 Å². The summed E-state index contributed by atoms with van der Waals surface area (Å²) in [6.45, 7) is 0.0626. The molecule has 3 aromatic rings. The first-order valence-corrected chi connectivity index (χ1v) is 7.91. The lowest BCUT2D eigenvalue weighted by Crippen LogP contribution is -2.17. The third-order valence-electron chi connectivity index (χ3n) is 3.87. The highest BCUT2D eigenvalue weighted by molar-refractivity contribution is 6.09. The summed E-state index contributed by atoms with van der Waals surface area (Å²) in [5.74, 6) is -1.90. The molecule has 2 N–H and O–H groups in total. The minimum absolute atomic E-state index is 0.0626. The molecule has 0 atom stereocenters. The van der Waals surface area contributed by atoms with E-state index in [0.717, 1.165) is 23.0 Å². The number of rotatable bonds is 5. The second-order valence-corrected chi connectivity index (χ2v) is 5.89. The summed E-state index contributed by atoms with van der Waals surface area (Å²) in [6, 6.07) is 6.29. The maximum Gasteiger partial charge on any atom is 0.416 e. The Hall–Kier alpha value is -3.63. The summed E-state index contributed by atoms with van der Waals surface area (Å²) in [6.07, 6.45) is -1.83. The molecule has 146 valence electrons. The maximum absolute atomic E-state index is 12.8. The van der Waals surface area contributed by atoms with Crippen LogP contribution in [0, 0.1) is 0 Å². The number of carboxylic acids is 1. The van der Waals surface area contributed by atoms with E-state index >= 15 is 0 Å². The Kier molecular flexibility index (Phi) is 4.91. The first-order valence-electron chi connectivity index (χ1n) is 7.91. The number of hydrogen-bond donors (Lipinski definition) is 2. The highest BCUT2D eigenvalue weighted by Crippen LogP contribution is 2.29. The number of aromatic carboxylic acids is 1. The number of carboxylic acid groups (broad SMARTS) is 1. The summed E-state index contributed by atoms with van der Waals surface area (Å²) < 4.78 is 40.8. The lowest BCUT2D eigenvalue weighted by molar-refractivity contribution is -0.137. The predicted octanol–water partition coefficient (Wildman–Crippen LogP) is 2.63. The van der Waals surface area contributed by atoms with E-state index in [9.17, 15) is 22.8 Å². The van der Waals surface area contributed by atoms with Gasteiger partial charge in [0.05, 0.1) is 23.9 Å². The predicted molar refractivity (Wildman–Crippen MR) is 90.9 cm³/mol. The zero-order valence-corrected chi connectivity index (χ0v) is 14.4. The molecule has 0 aliphatic heterocycles. The van der Waals surface area contributed by atoms with Crippen molar-refractivity contribution in [1.82, 2.24) is 19.6 Å². The molecule has 0 saturated carbocycles. The van der Waals surface area contributed by atoms with E-state index in [1.54, 1.807) is 0 Å². The molecule has 0 aliphatic rings. The fraction of sp³-hybridized carbons (Fsp3) is 0.176. The zero-order valence-electron chi connectivity index (χ0n) is 14.4. The Morgan fingerprint density at radius 2 is 2.00 bits per heavy atom. The van der Waals surface area contributed by atoms with Crippen LogP contribution in [0.5, 0.6) is 0 Å². The molecule has 0 unspecified atom stereocenters. The van der Waals surface area contributed by atoms with Crippen molar-refractivity contribution in [2.24, 2.45) is 7.05 Å². The van der Waals surface area contributed by atoms with Crippen molar-refractivity contribution in [1.29, 1.82) is 0 Å². The van der Waals surface area contributed by atoms with E-state index in [-0.39, 0.29) is 23.6 Å². The number of hydrogen-bond acceptors (Lipinski definition) is 4. The Balaban J connectivity index is 1.73. The van der Waals surface area contributed by atoms with Crippen LogP contribution in [0.3, 0.4) is 0 Å². The number of halogens is 3. The number of carbonyl (C=O) groups excluding carboxylic acids is 1. The van der Waals surface area contributed by atoms with Crippen LogP contribution in [0.1, 0.15) is 32.0 Å². The van der Waals surface area contributed by atoms with Gasteiger partial charge in [0.2, 0.25) is 0 Å². The van der Waals surface area contributed by atoms with Crippen molar-refractivity contribution in [3.63, 3.8) is 0 Å². The minimum Gasteiger partial charge on any atom is -0.477 e. The number of alkyl halides is 3. The first kappa shape index (κ1) is 19.1. The number of aromatic nitrogens is 4. The van der Waals surface area contributed by atoms with Gasteiger partial charge >= 0.3 is 12.1 Å². The van der Waals surface area contributed by atoms with E-state index < -0.39 is 23.6 Å². The van der Waals surface area contributed by atoms with Gasteiger partial charge in [0, 0.05) is 19.3 Å². The van der Waals surface area contributed by atoms with Crippen molar-refractivity contribution in [2.45, 2.75) is 12.7 Å². The summed E-state index contributed by atoms with van der Waals surface area (Å²) in [4.78, 5) is 23.5. The van der Waals surface area contributed by atoms with E-state index in [2.05, 4.69) is 15.5 Å². The first-order chi connectivity index (χ1) is 13.1. The third-order valence-corrected chi connectivity index (χ3v) is 3.87. The van der Waals surface area contributed by atoms with Crippen LogP contribution in [-0.2, 0) is 19.8 Å². The molecule has 0 aliphatic carbocycles. The van der Waals surface area contributed by atoms with Crippen molar-refractivity contribution in [3.05, 3.63) is 65.1 Å². The van der Waals surface area contributed by atoms with Crippen LogP contribution in [-0.4, -0.2) is 36.5 Å². The second-order valence-electron chi connectivity index (χ2n) is 5.89. The van der Waals surface area contributed by atoms with Crippen LogP contribution >= 0.6 is 0 Å². The fourth-order valence-electron chi connectivity index (χ4n) is 2.59. The molecule has 0 spiro atoms. The maximum atomic E-state index is 12.8. The van der Waals surface area contributed by atoms with Gasteiger partial charge in [-0.15, -0.1) is 0 Å². The van der Waals surface area contributed by atoms with Crippen molar-refractivity contribution >= 4 is 17.7 Å². The van der Waals surface area contributed by atoms with E-state index in [1.165, 1.54) is 36.1 Å². The van der Waals surface area contributed by atoms with E-state index in [0.29, 0.717) is 5.56 Å². The SMILES string of the molecule is Cn1ncc(C(=O)Nc2ccn(Cc3cccc(C(F)(F)F)c3)n2)c1C(=O)O. The zero-order chi connectivity index (χ0) is 20.5. The summed E-state index contributed by atoms with van der Waals surface area (Å²) in [5.41, 5.74) is -0.789. The Labute approximate surface area is 156 Å². The van der Waals surface area contributed by atoms with Crippen molar-refractivity contribution in [3.8, 4) is 0 Å². The van der Waals surface area contributed by atoms with Crippen LogP contribution in [0.4, 0.5) is 19.0 Å². The Bertz CT molecular complexity index is 1040. The van der Waals surface area contributed by atoms with Gasteiger partial charge in [0.25, 0.3) is 5.91 Å². The number of nitrogens with one attached hydrogen (secondary N) is 1. The topological polar surface area (TPSA) is 102 Å². The average Bonchev–Trinajstić information content (AvgIpc) is 3.20. The monoisotopic (exact) mass is 393 g/mol. The van der Waals surface area contributed by atoms with E-state index in [1.807, 2.05) is 0 Å². The number of anilines is 1. The lowest BCUT2D eigenvalue weighted by Gasteiger charge is -2.08. The largest absolute Gasteiger partial charge is 0.477 e. The molecule has 28 heavy (non-hydrogen) atoms. The molecule has 0 radical (unpaired) electrons. The highest BCUT2D eigenvalue weighted by Gasteiger charge is 2.30. The second kappa shape index (κ2) is 7.18. The van der Waals surface area contributed by atoms with Crippen molar-refractivity contribution in [2.75, 3.05) is 5.32 Å². The highest BCUT2D eigenvalue weighted by atomic mass is 19.4. The minimum atomic E-state index is -4.44. The molecule has 1 amide bonds. The van der Waals surface area contributed by atoms with Gasteiger partial charge in [-0.3, -0.25) is 14.2 Å². The van der Waals surface area contributed by atoms with Crippen LogP contribution in [0.2, 0.25) is 0 Å². The average molecular weight is 393 g/mol. The molecular formula is C17H14F3N5O3. The van der Waals surface area contributed by atoms with Crippen LogP contribution < -0.4 is 5.32 Å². The molecule has 2 heterocycles. The number of carbonyl (C=O) groups is 2. The quantitative estimate of drug-likeness (QED) is 0.694. The number of benzene rings is 1. The smallest absolute Gasteiger partial charge is 0.416 e. The molecule has 11 heteroatoms. The van der Waals surface area contributed by atoms with Gasteiger partial charge in [-0.25, -0.2) is 4.79 Å². The number of nitrogens with zero attached hydrogens (tertiary/aromatic N) is 4. The normalized spacial score (nSPS) is 11.4. The summed E-state index contributed by atoms with van der Waals surface area (Å²) in [7, 11) is 1.39. The molecule has 8 nitrogen and oxygen atoms in total. The third kappa shape index (κ3) is 4.03. The van der Waals surface area contributed by atoms with Gasteiger partial charge in [-0.05, 0) is 17.7 Å². The molecule has 2 aromatic heterocycles. The van der Waals surface area contributed by atoms with Crippen LogP contribution in [0.25, 0.3) is 0 Å². The van der Waals surface area contributed by atoms with Gasteiger partial charge in [0.1, 0.15) is 0 Å². The van der Waals surface area contributed by atoms with Gasteiger partial charge in [-0.1, -0.05) is 12.1 Å². The summed E-state index contributed by atoms with van der Waals surface area (Å²) >= 11 is 0. The summed E-state index contributed by atoms with van der Waals surface area (Å²) in [5, 5.41) is 19.4. The van der Waals surface area contributed by atoms with Gasteiger partial charge < -0.3 is 10.4 Å². The molecular weight excluding hydrogens is 379 g/mol. The van der Waals surface area contributed by atoms with E-state index in [4.69, 9.17) is 5.11 Å². The standard InChI is InChI=1S/C17H14F3N5O3/c1-24-14(16(27)28)12(8-21-24)15(26)22-13-5-6-25(23-13)9-10-3-2-4-11(7-10)17(18,19)20/h2-8H,9H2,1H3,(H,27,28)(H,22,23,26). The fourth-order valence-corrected chi connectivity index (χ4v) is 2.59. The lowest BCUT2D eigenvalue weighted by atomic mass is 10.1. The number of aryl methyl sites for hydroxylation is 1. The molecule has 0 saturated heterocycles. The molecule has 0 bridgehead atoms. The molecule has 1 aromatic carbocycles.